The van der Waals surface area contributed by atoms with Crippen molar-refractivity contribution in [2.45, 2.75) is 72.1 Å². The SMILES string of the molecule is CCCc1nccn1N=Cc1cc(C(C)(C)C)c(O)c(C(C)(C)C)c1. The average molecular weight is 341 g/mol. The molecule has 0 saturated carbocycles. The summed E-state index contributed by atoms with van der Waals surface area (Å²) >= 11 is 0. The number of imidazole rings is 1. The summed E-state index contributed by atoms with van der Waals surface area (Å²) in [7, 11) is 0. The number of nitrogens with zero attached hydrogens (tertiary/aromatic N) is 3. The maximum Gasteiger partial charge on any atom is 0.129 e. The smallest absolute Gasteiger partial charge is 0.129 e. The fourth-order valence-electron chi connectivity index (χ4n) is 2.84. The van der Waals surface area contributed by atoms with Gasteiger partial charge in [-0.3, -0.25) is 0 Å². The molecule has 0 unspecified atom stereocenters. The first-order valence-electron chi connectivity index (χ1n) is 8.98. The molecule has 25 heavy (non-hydrogen) atoms. The molecule has 0 radical (unpaired) electrons. The number of benzene rings is 1. The molecule has 4 nitrogen and oxygen atoms in total. The molecule has 0 atom stereocenters. The van der Waals surface area contributed by atoms with Gasteiger partial charge in [0.2, 0.25) is 0 Å². The summed E-state index contributed by atoms with van der Waals surface area (Å²) in [6, 6.07) is 4.06. The Morgan fingerprint density at radius 2 is 1.64 bits per heavy atom. The van der Waals surface area contributed by atoms with Crippen molar-refractivity contribution in [3.8, 4) is 5.75 Å². The Hall–Kier alpha value is -2.10. The molecule has 1 N–H and O–H groups in total. The minimum absolute atomic E-state index is 0.143. The van der Waals surface area contributed by atoms with Crippen molar-refractivity contribution in [3.63, 3.8) is 0 Å². The lowest BCUT2D eigenvalue weighted by atomic mass is 9.78. The third kappa shape index (κ3) is 4.50. The van der Waals surface area contributed by atoms with Crippen molar-refractivity contribution in [3.05, 3.63) is 47.0 Å². The number of phenols is 1. The second-order valence-corrected chi connectivity index (χ2v) is 8.65. The number of hydrogen-bond donors (Lipinski definition) is 1. The molecule has 0 amide bonds. The van der Waals surface area contributed by atoms with Crippen LogP contribution in [-0.4, -0.2) is 21.0 Å². The minimum Gasteiger partial charge on any atom is -0.507 e. The van der Waals surface area contributed by atoms with E-state index in [1.165, 1.54) is 0 Å². The van der Waals surface area contributed by atoms with Crippen LogP contribution in [0.5, 0.6) is 5.75 Å². The van der Waals surface area contributed by atoms with Gasteiger partial charge in [-0.2, -0.15) is 5.10 Å². The Morgan fingerprint density at radius 3 is 2.12 bits per heavy atom. The first kappa shape index (κ1) is 19.2. The molecular weight excluding hydrogens is 310 g/mol. The third-order valence-corrected chi connectivity index (χ3v) is 4.25. The molecule has 0 aliphatic heterocycles. The van der Waals surface area contributed by atoms with Crippen molar-refractivity contribution in [2.75, 3.05) is 0 Å². The topological polar surface area (TPSA) is 50.4 Å². The van der Waals surface area contributed by atoms with Crippen molar-refractivity contribution in [1.29, 1.82) is 0 Å². The number of aromatic nitrogens is 2. The van der Waals surface area contributed by atoms with E-state index in [2.05, 4.69) is 58.6 Å². The van der Waals surface area contributed by atoms with E-state index >= 15 is 0 Å². The Labute approximate surface area is 151 Å². The molecule has 4 heteroatoms. The van der Waals surface area contributed by atoms with Crippen molar-refractivity contribution >= 4 is 6.21 Å². The lowest BCUT2D eigenvalue weighted by Crippen LogP contribution is -2.18. The zero-order chi connectivity index (χ0) is 18.8. The van der Waals surface area contributed by atoms with Crippen molar-refractivity contribution in [2.24, 2.45) is 5.10 Å². The number of rotatable bonds is 4. The quantitative estimate of drug-likeness (QED) is 0.794. The zero-order valence-corrected chi connectivity index (χ0v) is 16.6. The van der Waals surface area contributed by atoms with Gasteiger partial charge in [-0.1, -0.05) is 48.5 Å². The van der Waals surface area contributed by atoms with Crippen LogP contribution in [0.15, 0.2) is 29.6 Å². The molecular formula is C21H31N3O. The van der Waals surface area contributed by atoms with E-state index in [1.54, 1.807) is 6.20 Å². The van der Waals surface area contributed by atoms with Crippen LogP contribution in [0.3, 0.4) is 0 Å². The Bertz CT molecular complexity index is 723. The van der Waals surface area contributed by atoms with Gasteiger partial charge in [0.1, 0.15) is 11.6 Å². The van der Waals surface area contributed by atoms with E-state index in [9.17, 15) is 5.11 Å². The molecule has 2 rings (SSSR count). The second-order valence-electron chi connectivity index (χ2n) is 8.65. The second kappa shape index (κ2) is 7.03. The normalized spacial score (nSPS) is 12.9. The Morgan fingerprint density at radius 1 is 1.08 bits per heavy atom. The standard InChI is InChI=1S/C21H31N3O/c1-8-9-18-22-10-11-24(18)23-14-15-12-16(20(2,3)4)19(25)17(13-15)21(5,6)7/h10-14,25H,8-9H2,1-7H3. The average Bonchev–Trinajstić information content (AvgIpc) is 2.91. The van der Waals surface area contributed by atoms with Gasteiger partial charge in [0.05, 0.1) is 6.21 Å². The maximum absolute atomic E-state index is 10.8. The van der Waals surface area contributed by atoms with Gasteiger partial charge in [0, 0.05) is 29.9 Å². The van der Waals surface area contributed by atoms with Gasteiger partial charge >= 0.3 is 0 Å². The monoisotopic (exact) mass is 341 g/mol. The summed E-state index contributed by atoms with van der Waals surface area (Å²) in [5.41, 5.74) is 2.59. The van der Waals surface area contributed by atoms with E-state index in [1.807, 2.05) is 29.2 Å². The van der Waals surface area contributed by atoms with Crippen LogP contribution in [0.1, 0.15) is 77.4 Å². The number of phenolic OH excluding ortho intramolecular Hbond substituents is 1. The summed E-state index contributed by atoms with van der Waals surface area (Å²) in [6.45, 7) is 14.8. The predicted molar refractivity (Wildman–Crippen MR) is 105 cm³/mol. The van der Waals surface area contributed by atoms with Crippen LogP contribution in [0.4, 0.5) is 0 Å². The molecule has 1 heterocycles. The minimum atomic E-state index is -0.143. The van der Waals surface area contributed by atoms with E-state index in [-0.39, 0.29) is 10.8 Å². The number of hydrogen-bond acceptors (Lipinski definition) is 3. The van der Waals surface area contributed by atoms with Crippen molar-refractivity contribution < 1.29 is 5.11 Å². The number of aromatic hydroxyl groups is 1. The summed E-state index contributed by atoms with van der Waals surface area (Å²) < 4.78 is 1.82. The molecule has 1 aromatic heterocycles. The zero-order valence-electron chi connectivity index (χ0n) is 16.6. The highest BCUT2D eigenvalue weighted by Gasteiger charge is 2.26. The molecule has 136 valence electrons. The molecule has 1 aromatic carbocycles. The van der Waals surface area contributed by atoms with E-state index in [4.69, 9.17) is 0 Å². The first-order valence-corrected chi connectivity index (χ1v) is 8.98. The molecule has 0 spiro atoms. The van der Waals surface area contributed by atoms with E-state index in [0.29, 0.717) is 5.75 Å². The summed E-state index contributed by atoms with van der Waals surface area (Å²) in [5.74, 6) is 1.36. The van der Waals surface area contributed by atoms with Gasteiger partial charge in [-0.15, -0.1) is 0 Å². The molecule has 0 aliphatic rings. The fourth-order valence-corrected chi connectivity index (χ4v) is 2.84. The van der Waals surface area contributed by atoms with Crippen LogP contribution >= 0.6 is 0 Å². The molecule has 0 saturated heterocycles. The van der Waals surface area contributed by atoms with Crippen molar-refractivity contribution in [1.82, 2.24) is 9.66 Å². The van der Waals surface area contributed by atoms with Gasteiger partial charge in [0.15, 0.2) is 0 Å². The van der Waals surface area contributed by atoms with Gasteiger partial charge in [0.25, 0.3) is 0 Å². The van der Waals surface area contributed by atoms with Gasteiger partial charge in [-0.25, -0.2) is 9.66 Å². The first-order chi connectivity index (χ1) is 11.5. The maximum atomic E-state index is 10.8. The van der Waals surface area contributed by atoms with Crippen LogP contribution < -0.4 is 0 Å². The highest BCUT2D eigenvalue weighted by atomic mass is 16.3. The van der Waals surface area contributed by atoms with Gasteiger partial charge in [-0.05, 0) is 34.9 Å². The van der Waals surface area contributed by atoms with Crippen LogP contribution in [0.25, 0.3) is 0 Å². The molecule has 2 aromatic rings. The predicted octanol–water partition coefficient (Wildman–Crippen LogP) is 5.02. The lowest BCUT2D eigenvalue weighted by molar-refractivity contribution is 0.423. The van der Waals surface area contributed by atoms with E-state index < -0.39 is 0 Å². The Kier molecular flexibility index (Phi) is 5.40. The lowest BCUT2D eigenvalue weighted by Gasteiger charge is -2.27. The third-order valence-electron chi connectivity index (χ3n) is 4.25. The van der Waals surface area contributed by atoms with Crippen LogP contribution in [0, 0.1) is 0 Å². The van der Waals surface area contributed by atoms with Crippen LogP contribution in [0.2, 0.25) is 0 Å². The molecule has 0 bridgehead atoms. The Balaban J connectivity index is 2.51. The number of aryl methyl sites for hydroxylation is 1. The summed E-state index contributed by atoms with van der Waals surface area (Å²) in [6.07, 6.45) is 7.44. The molecule has 0 fully saturated rings. The molecule has 0 aliphatic carbocycles. The van der Waals surface area contributed by atoms with Crippen LogP contribution in [-0.2, 0) is 17.3 Å². The summed E-state index contributed by atoms with van der Waals surface area (Å²) in [4.78, 5) is 4.36. The fraction of sp³-hybridized carbons (Fsp3) is 0.524. The van der Waals surface area contributed by atoms with Gasteiger partial charge < -0.3 is 5.11 Å². The summed E-state index contributed by atoms with van der Waals surface area (Å²) in [5, 5.41) is 15.4. The van der Waals surface area contributed by atoms with E-state index in [0.717, 1.165) is 35.4 Å². The highest BCUT2D eigenvalue weighted by molar-refractivity contribution is 5.81. The largest absolute Gasteiger partial charge is 0.507 e. The highest BCUT2D eigenvalue weighted by Crippen LogP contribution is 2.39.